The van der Waals surface area contributed by atoms with Gasteiger partial charge in [0.05, 0.1) is 18.6 Å². The zero-order valence-electron chi connectivity index (χ0n) is 18.9. The predicted molar refractivity (Wildman–Crippen MR) is 126 cm³/mol. The van der Waals surface area contributed by atoms with Crippen molar-refractivity contribution in [3.05, 3.63) is 87.3 Å². The van der Waals surface area contributed by atoms with Gasteiger partial charge in [-0.25, -0.2) is 14.3 Å². The Balaban J connectivity index is 1.83. The van der Waals surface area contributed by atoms with Crippen LogP contribution in [-0.4, -0.2) is 25.3 Å². The van der Waals surface area contributed by atoms with Gasteiger partial charge in [-0.1, -0.05) is 44.2 Å². The lowest BCUT2D eigenvalue weighted by Crippen LogP contribution is -2.41. The van der Waals surface area contributed by atoms with Crippen LogP contribution in [0.2, 0.25) is 0 Å². The van der Waals surface area contributed by atoms with Crippen LogP contribution in [0, 0.1) is 0 Å². The standard InChI is InChI=1S/C25H28N4O3/c1-17(2)19-10-12-20(13-11-19)29-23-22(28(16-26-23)18(3)4)24(30)27(25(29)31)14-15-32-21-8-6-5-7-9-21/h5-13,16-18H,14-15H2,1-4H3. The van der Waals surface area contributed by atoms with Crippen molar-refractivity contribution < 1.29 is 4.74 Å². The fraction of sp³-hybridized carbons (Fsp3) is 0.320. The van der Waals surface area contributed by atoms with Crippen molar-refractivity contribution >= 4 is 11.2 Å². The van der Waals surface area contributed by atoms with E-state index in [1.165, 1.54) is 14.7 Å². The largest absolute Gasteiger partial charge is 0.492 e. The highest BCUT2D eigenvalue weighted by Gasteiger charge is 2.20. The molecule has 0 saturated heterocycles. The van der Waals surface area contributed by atoms with E-state index >= 15 is 0 Å². The number of fused-ring (bicyclic) bond motifs is 1. The third-order valence-corrected chi connectivity index (χ3v) is 5.56. The lowest BCUT2D eigenvalue weighted by molar-refractivity contribution is 0.293. The second-order valence-corrected chi connectivity index (χ2v) is 8.40. The molecule has 2 aromatic heterocycles. The van der Waals surface area contributed by atoms with Crippen molar-refractivity contribution in [1.29, 1.82) is 0 Å². The van der Waals surface area contributed by atoms with Crippen molar-refractivity contribution in [3.8, 4) is 11.4 Å². The van der Waals surface area contributed by atoms with E-state index < -0.39 is 5.69 Å². The van der Waals surface area contributed by atoms with Gasteiger partial charge in [-0.05, 0) is 49.6 Å². The number of benzene rings is 2. The summed E-state index contributed by atoms with van der Waals surface area (Å²) in [5, 5.41) is 0. The monoisotopic (exact) mass is 432 g/mol. The fourth-order valence-corrected chi connectivity index (χ4v) is 3.75. The molecule has 0 spiro atoms. The van der Waals surface area contributed by atoms with Gasteiger partial charge in [0.1, 0.15) is 12.4 Å². The zero-order chi connectivity index (χ0) is 22.8. The minimum absolute atomic E-state index is 0.0241. The number of ether oxygens (including phenoxy) is 1. The average molecular weight is 433 g/mol. The molecule has 0 amide bonds. The van der Waals surface area contributed by atoms with E-state index in [2.05, 4.69) is 18.8 Å². The Morgan fingerprint density at radius 3 is 2.25 bits per heavy atom. The van der Waals surface area contributed by atoms with Crippen LogP contribution >= 0.6 is 0 Å². The third-order valence-electron chi connectivity index (χ3n) is 5.56. The predicted octanol–water partition coefficient (Wildman–Crippen LogP) is 4.13. The van der Waals surface area contributed by atoms with Crippen LogP contribution in [0.1, 0.15) is 45.2 Å². The molecular weight excluding hydrogens is 404 g/mol. The molecule has 2 heterocycles. The summed E-state index contributed by atoms with van der Waals surface area (Å²) in [4.78, 5) is 31.2. The van der Waals surface area contributed by atoms with Crippen LogP contribution in [0.5, 0.6) is 5.75 Å². The van der Waals surface area contributed by atoms with Gasteiger partial charge in [0.15, 0.2) is 11.2 Å². The van der Waals surface area contributed by atoms with E-state index in [0.29, 0.717) is 28.5 Å². The molecule has 4 rings (SSSR count). The van der Waals surface area contributed by atoms with E-state index in [-0.39, 0.29) is 24.8 Å². The molecule has 2 aromatic carbocycles. The lowest BCUT2D eigenvalue weighted by Gasteiger charge is -2.15. The van der Waals surface area contributed by atoms with Gasteiger partial charge in [-0.3, -0.25) is 9.36 Å². The summed E-state index contributed by atoms with van der Waals surface area (Å²) < 4.78 is 10.3. The van der Waals surface area contributed by atoms with Crippen LogP contribution in [-0.2, 0) is 6.54 Å². The van der Waals surface area contributed by atoms with Gasteiger partial charge >= 0.3 is 5.69 Å². The molecule has 7 nitrogen and oxygen atoms in total. The highest BCUT2D eigenvalue weighted by atomic mass is 16.5. The average Bonchev–Trinajstić information content (AvgIpc) is 3.22. The molecule has 0 saturated carbocycles. The number of para-hydroxylation sites is 1. The molecule has 32 heavy (non-hydrogen) atoms. The number of imidazole rings is 1. The number of rotatable bonds is 7. The summed E-state index contributed by atoms with van der Waals surface area (Å²) >= 11 is 0. The maximum Gasteiger partial charge on any atom is 0.337 e. The van der Waals surface area contributed by atoms with E-state index in [1.807, 2.05) is 73.0 Å². The van der Waals surface area contributed by atoms with Crippen LogP contribution in [0.3, 0.4) is 0 Å². The highest BCUT2D eigenvalue weighted by Crippen LogP contribution is 2.19. The van der Waals surface area contributed by atoms with E-state index in [1.54, 1.807) is 6.33 Å². The van der Waals surface area contributed by atoms with E-state index in [9.17, 15) is 9.59 Å². The first-order valence-corrected chi connectivity index (χ1v) is 10.9. The maximum absolute atomic E-state index is 13.5. The summed E-state index contributed by atoms with van der Waals surface area (Å²) in [7, 11) is 0. The summed E-state index contributed by atoms with van der Waals surface area (Å²) in [6, 6.07) is 17.2. The highest BCUT2D eigenvalue weighted by molar-refractivity contribution is 5.72. The SMILES string of the molecule is CC(C)c1ccc(-n2c(=O)n(CCOc3ccccc3)c(=O)c3c2ncn3C(C)C)cc1. The fourth-order valence-electron chi connectivity index (χ4n) is 3.75. The molecule has 0 bridgehead atoms. The minimum atomic E-state index is -0.425. The normalized spacial score (nSPS) is 11.6. The Hall–Kier alpha value is -3.61. The lowest BCUT2D eigenvalue weighted by atomic mass is 10.0. The molecule has 0 unspecified atom stereocenters. The molecular formula is C25H28N4O3. The number of hydrogen-bond donors (Lipinski definition) is 0. The first kappa shape index (κ1) is 21.6. The molecule has 0 aliphatic heterocycles. The minimum Gasteiger partial charge on any atom is -0.492 e. The molecule has 0 fully saturated rings. The molecule has 166 valence electrons. The van der Waals surface area contributed by atoms with Crippen LogP contribution in [0.15, 0.2) is 70.5 Å². The van der Waals surface area contributed by atoms with Crippen LogP contribution < -0.4 is 16.0 Å². The van der Waals surface area contributed by atoms with Crippen LogP contribution in [0.25, 0.3) is 16.9 Å². The van der Waals surface area contributed by atoms with Gasteiger partial charge in [0.2, 0.25) is 0 Å². The molecule has 7 heteroatoms. The van der Waals surface area contributed by atoms with Gasteiger partial charge < -0.3 is 9.30 Å². The number of aromatic nitrogens is 4. The smallest absolute Gasteiger partial charge is 0.337 e. The first-order valence-electron chi connectivity index (χ1n) is 10.9. The molecule has 0 aliphatic rings. The summed E-state index contributed by atoms with van der Waals surface area (Å²) in [5.74, 6) is 1.07. The molecule has 4 aromatic rings. The van der Waals surface area contributed by atoms with Gasteiger partial charge in [0.25, 0.3) is 5.56 Å². The molecule has 0 N–H and O–H groups in total. The second-order valence-electron chi connectivity index (χ2n) is 8.40. The summed E-state index contributed by atoms with van der Waals surface area (Å²) in [6.07, 6.45) is 1.62. The Morgan fingerprint density at radius 1 is 0.938 bits per heavy atom. The van der Waals surface area contributed by atoms with Crippen molar-refractivity contribution in [2.45, 2.75) is 46.2 Å². The Kier molecular flexibility index (Phi) is 5.99. The third kappa shape index (κ3) is 3.98. The summed E-state index contributed by atoms with van der Waals surface area (Å²) in [6.45, 7) is 8.54. The molecule has 0 atom stereocenters. The topological polar surface area (TPSA) is 71.1 Å². The van der Waals surface area contributed by atoms with Crippen molar-refractivity contribution in [2.24, 2.45) is 0 Å². The van der Waals surface area contributed by atoms with Crippen molar-refractivity contribution in [1.82, 2.24) is 18.7 Å². The first-order chi connectivity index (χ1) is 15.4. The van der Waals surface area contributed by atoms with Crippen molar-refractivity contribution in [2.75, 3.05) is 6.61 Å². The molecule has 0 aliphatic carbocycles. The second kappa shape index (κ2) is 8.86. The van der Waals surface area contributed by atoms with Gasteiger partial charge in [-0.2, -0.15) is 0 Å². The summed E-state index contributed by atoms with van der Waals surface area (Å²) in [5.41, 5.74) is 1.85. The maximum atomic E-state index is 13.5. The number of nitrogens with zero attached hydrogens (tertiary/aromatic N) is 4. The zero-order valence-corrected chi connectivity index (χ0v) is 18.9. The van der Waals surface area contributed by atoms with E-state index in [4.69, 9.17) is 4.74 Å². The van der Waals surface area contributed by atoms with Crippen LogP contribution in [0.4, 0.5) is 0 Å². The Bertz CT molecular complexity index is 1330. The van der Waals surface area contributed by atoms with Gasteiger partial charge in [0, 0.05) is 6.04 Å². The Morgan fingerprint density at radius 2 is 1.62 bits per heavy atom. The quantitative estimate of drug-likeness (QED) is 0.440. The van der Waals surface area contributed by atoms with Crippen molar-refractivity contribution in [3.63, 3.8) is 0 Å². The Labute approximate surface area is 186 Å². The van der Waals surface area contributed by atoms with Gasteiger partial charge in [-0.15, -0.1) is 0 Å². The molecule has 0 radical (unpaired) electrons. The number of hydrogen-bond acceptors (Lipinski definition) is 4. The van der Waals surface area contributed by atoms with E-state index in [0.717, 1.165) is 0 Å².